The number of benzene rings is 1. The Morgan fingerprint density at radius 1 is 1.19 bits per heavy atom. The highest BCUT2D eigenvalue weighted by Gasteiger charge is 2.21. The van der Waals surface area contributed by atoms with Crippen molar-refractivity contribution >= 4 is 29.3 Å². The fourth-order valence-electron chi connectivity index (χ4n) is 2.70. The molecule has 2 aromatic rings. The van der Waals surface area contributed by atoms with Crippen molar-refractivity contribution in [2.45, 2.75) is 6.92 Å². The van der Waals surface area contributed by atoms with E-state index in [9.17, 15) is 9.59 Å². The summed E-state index contributed by atoms with van der Waals surface area (Å²) in [6, 6.07) is 6.93. The van der Waals surface area contributed by atoms with Crippen LogP contribution in [0.2, 0.25) is 0 Å². The summed E-state index contributed by atoms with van der Waals surface area (Å²) in [7, 11) is 1.34. The Labute approximate surface area is 151 Å². The van der Waals surface area contributed by atoms with Gasteiger partial charge in [0, 0.05) is 38.8 Å². The summed E-state index contributed by atoms with van der Waals surface area (Å²) in [5.74, 6) is 0.691. The first-order valence-corrected chi connectivity index (χ1v) is 8.22. The van der Waals surface area contributed by atoms with E-state index in [1.54, 1.807) is 30.0 Å². The second-order valence-electron chi connectivity index (χ2n) is 5.83. The second-order valence-corrected chi connectivity index (χ2v) is 5.83. The van der Waals surface area contributed by atoms with E-state index in [1.807, 2.05) is 11.0 Å². The Morgan fingerprint density at radius 3 is 2.65 bits per heavy atom. The summed E-state index contributed by atoms with van der Waals surface area (Å²) in [5.41, 5.74) is 1.14. The number of hydrogen-bond donors (Lipinski definition) is 1. The van der Waals surface area contributed by atoms with Crippen LogP contribution < -0.4 is 10.2 Å². The number of carbonyl (C=O) groups is 2. The maximum atomic E-state index is 11.6. The molecule has 0 saturated carbocycles. The lowest BCUT2D eigenvalue weighted by Crippen LogP contribution is -2.48. The first kappa shape index (κ1) is 17.6. The molecule has 1 aliphatic heterocycles. The van der Waals surface area contributed by atoms with E-state index < -0.39 is 5.97 Å². The third-order valence-electron chi connectivity index (χ3n) is 4.11. The van der Waals surface area contributed by atoms with Crippen molar-refractivity contribution in [3.63, 3.8) is 0 Å². The number of aromatic nitrogens is 3. The van der Waals surface area contributed by atoms with Crippen molar-refractivity contribution in [1.82, 2.24) is 20.1 Å². The minimum absolute atomic E-state index is 0.0737. The SMILES string of the molecule is COC(=O)c1cccc(Nc2cnnc(N3CCN(C(C)=O)CC3)n2)c1. The molecule has 0 atom stereocenters. The Balaban J connectivity index is 1.70. The number of anilines is 3. The fourth-order valence-corrected chi connectivity index (χ4v) is 2.70. The minimum atomic E-state index is -0.404. The molecule has 1 fully saturated rings. The molecule has 1 aliphatic rings. The number of piperazine rings is 1. The number of nitrogens with zero attached hydrogens (tertiary/aromatic N) is 5. The van der Waals surface area contributed by atoms with E-state index in [-0.39, 0.29) is 5.91 Å². The molecule has 0 radical (unpaired) electrons. The van der Waals surface area contributed by atoms with Gasteiger partial charge < -0.3 is 19.9 Å². The summed E-state index contributed by atoms with van der Waals surface area (Å²) >= 11 is 0. The molecule has 1 aromatic carbocycles. The first-order valence-electron chi connectivity index (χ1n) is 8.22. The van der Waals surface area contributed by atoms with Crippen LogP contribution in [0, 0.1) is 0 Å². The van der Waals surface area contributed by atoms with Crippen LogP contribution in [0.15, 0.2) is 30.5 Å². The number of nitrogens with one attached hydrogen (secondary N) is 1. The summed E-state index contributed by atoms with van der Waals surface area (Å²) in [5, 5.41) is 11.2. The molecule has 1 saturated heterocycles. The Bertz CT molecular complexity index is 805. The summed E-state index contributed by atoms with van der Waals surface area (Å²) in [4.78, 5) is 31.3. The zero-order valence-corrected chi connectivity index (χ0v) is 14.7. The van der Waals surface area contributed by atoms with Crippen molar-refractivity contribution in [3.8, 4) is 0 Å². The van der Waals surface area contributed by atoms with E-state index in [0.29, 0.717) is 49.2 Å². The van der Waals surface area contributed by atoms with Crippen molar-refractivity contribution in [2.75, 3.05) is 43.5 Å². The second kappa shape index (κ2) is 7.77. The average molecular weight is 356 g/mol. The van der Waals surface area contributed by atoms with Gasteiger partial charge in [-0.2, -0.15) is 10.1 Å². The van der Waals surface area contributed by atoms with E-state index >= 15 is 0 Å². The Kier molecular flexibility index (Phi) is 5.26. The van der Waals surface area contributed by atoms with Gasteiger partial charge in [0.1, 0.15) is 0 Å². The molecule has 136 valence electrons. The largest absolute Gasteiger partial charge is 0.465 e. The van der Waals surface area contributed by atoms with Crippen LogP contribution in [-0.2, 0) is 9.53 Å². The van der Waals surface area contributed by atoms with Gasteiger partial charge in [-0.1, -0.05) is 6.07 Å². The predicted molar refractivity (Wildman–Crippen MR) is 95.4 cm³/mol. The van der Waals surface area contributed by atoms with Gasteiger partial charge in [0.15, 0.2) is 5.82 Å². The van der Waals surface area contributed by atoms with E-state index in [4.69, 9.17) is 4.74 Å². The third-order valence-corrected chi connectivity index (χ3v) is 4.11. The third kappa shape index (κ3) is 4.05. The van der Waals surface area contributed by atoms with Crippen molar-refractivity contribution in [1.29, 1.82) is 0 Å². The van der Waals surface area contributed by atoms with Crippen molar-refractivity contribution < 1.29 is 14.3 Å². The molecule has 1 N–H and O–H groups in total. The van der Waals surface area contributed by atoms with Gasteiger partial charge in [-0.25, -0.2) is 4.79 Å². The number of amides is 1. The van der Waals surface area contributed by atoms with Crippen LogP contribution >= 0.6 is 0 Å². The molecule has 0 unspecified atom stereocenters. The molecule has 2 heterocycles. The molecule has 0 spiro atoms. The van der Waals surface area contributed by atoms with Crippen LogP contribution in [0.1, 0.15) is 17.3 Å². The zero-order chi connectivity index (χ0) is 18.5. The highest BCUT2D eigenvalue weighted by molar-refractivity contribution is 5.90. The average Bonchev–Trinajstić information content (AvgIpc) is 2.68. The number of carbonyl (C=O) groups excluding carboxylic acids is 2. The molecule has 9 heteroatoms. The first-order chi connectivity index (χ1) is 12.6. The zero-order valence-electron chi connectivity index (χ0n) is 14.7. The van der Waals surface area contributed by atoms with Crippen LogP contribution in [-0.4, -0.2) is 65.2 Å². The highest BCUT2D eigenvalue weighted by atomic mass is 16.5. The molecule has 3 rings (SSSR count). The summed E-state index contributed by atoms with van der Waals surface area (Å²) in [6.07, 6.45) is 1.51. The molecule has 1 aromatic heterocycles. The molecule has 0 bridgehead atoms. The lowest BCUT2D eigenvalue weighted by Gasteiger charge is -2.33. The van der Waals surface area contributed by atoms with Gasteiger partial charge in [-0.05, 0) is 18.2 Å². The monoisotopic (exact) mass is 356 g/mol. The maximum Gasteiger partial charge on any atom is 0.337 e. The van der Waals surface area contributed by atoms with Gasteiger partial charge in [0.25, 0.3) is 0 Å². The Morgan fingerprint density at radius 2 is 1.96 bits per heavy atom. The molecule has 0 aliphatic carbocycles. The molecule has 26 heavy (non-hydrogen) atoms. The standard InChI is InChI=1S/C17H20N6O3/c1-12(24)22-6-8-23(9-7-22)17-20-15(11-18-21-17)19-14-5-3-4-13(10-14)16(25)26-2/h3-5,10-11H,6-9H2,1-2H3,(H,19,20,21). The molecule has 9 nitrogen and oxygen atoms in total. The predicted octanol–water partition coefficient (Wildman–Crippen LogP) is 1.07. The number of rotatable bonds is 4. The van der Waals surface area contributed by atoms with Crippen molar-refractivity contribution in [2.24, 2.45) is 0 Å². The summed E-state index contributed by atoms with van der Waals surface area (Å²) < 4.78 is 4.73. The van der Waals surface area contributed by atoms with Gasteiger partial charge >= 0.3 is 5.97 Å². The number of methoxy groups -OCH3 is 1. The van der Waals surface area contributed by atoms with Crippen LogP contribution in [0.5, 0.6) is 0 Å². The number of ether oxygens (including phenoxy) is 1. The smallest absolute Gasteiger partial charge is 0.337 e. The normalized spacial score (nSPS) is 14.1. The Hall–Kier alpha value is -3.23. The van der Waals surface area contributed by atoms with E-state index in [0.717, 1.165) is 0 Å². The van der Waals surface area contributed by atoms with Gasteiger partial charge in [0.2, 0.25) is 11.9 Å². The minimum Gasteiger partial charge on any atom is -0.465 e. The van der Waals surface area contributed by atoms with Crippen LogP contribution in [0.4, 0.5) is 17.5 Å². The lowest BCUT2D eigenvalue weighted by atomic mass is 10.2. The topological polar surface area (TPSA) is 101 Å². The highest BCUT2D eigenvalue weighted by Crippen LogP contribution is 2.18. The maximum absolute atomic E-state index is 11.6. The molecular weight excluding hydrogens is 336 g/mol. The fraction of sp³-hybridized carbons (Fsp3) is 0.353. The number of hydrogen-bond acceptors (Lipinski definition) is 8. The van der Waals surface area contributed by atoms with Crippen LogP contribution in [0.3, 0.4) is 0 Å². The van der Waals surface area contributed by atoms with E-state index in [2.05, 4.69) is 20.5 Å². The lowest BCUT2D eigenvalue weighted by molar-refractivity contribution is -0.129. The molecule has 1 amide bonds. The quantitative estimate of drug-likeness (QED) is 0.812. The van der Waals surface area contributed by atoms with Gasteiger partial charge in [-0.15, -0.1) is 5.10 Å². The summed E-state index contributed by atoms with van der Waals surface area (Å²) in [6.45, 7) is 4.15. The molecular formula is C17H20N6O3. The van der Waals surface area contributed by atoms with Crippen LogP contribution in [0.25, 0.3) is 0 Å². The van der Waals surface area contributed by atoms with E-state index in [1.165, 1.54) is 13.3 Å². The van der Waals surface area contributed by atoms with Gasteiger partial charge in [0.05, 0.1) is 18.9 Å². The van der Waals surface area contributed by atoms with Crippen molar-refractivity contribution in [3.05, 3.63) is 36.0 Å². The van der Waals surface area contributed by atoms with Gasteiger partial charge in [-0.3, -0.25) is 4.79 Å². The number of esters is 1.